The highest BCUT2D eigenvalue weighted by Gasteiger charge is 2.16. The molecule has 0 amide bonds. The predicted molar refractivity (Wildman–Crippen MR) is 113 cm³/mol. The van der Waals surface area contributed by atoms with Crippen molar-refractivity contribution < 1.29 is 28.5 Å². The Morgan fingerprint density at radius 1 is 0.786 bits per heavy atom. The van der Waals surface area contributed by atoms with Gasteiger partial charge in [-0.3, -0.25) is 0 Å². The molecule has 2 heterocycles. The van der Waals surface area contributed by atoms with E-state index in [2.05, 4.69) is 96.5 Å². The summed E-state index contributed by atoms with van der Waals surface area (Å²) < 4.78 is 2.32. The first-order valence-electron chi connectivity index (χ1n) is 9.58. The van der Waals surface area contributed by atoms with Crippen molar-refractivity contribution >= 4 is 32.6 Å². The molecule has 0 aliphatic heterocycles. The van der Waals surface area contributed by atoms with Crippen LogP contribution in [0.25, 0.3) is 32.6 Å². The number of H-pyrrole nitrogens is 1. The van der Waals surface area contributed by atoms with Crippen molar-refractivity contribution in [3.05, 3.63) is 89.7 Å². The van der Waals surface area contributed by atoms with Gasteiger partial charge in [-0.15, -0.1) is 0 Å². The van der Waals surface area contributed by atoms with Crippen LogP contribution in [-0.2, 0) is 13.0 Å². The van der Waals surface area contributed by atoms with E-state index in [0.717, 1.165) is 13.0 Å². The summed E-state index contributed by atoms with van der Waals surface area (Å²) in [6.07, 6.45) is 5.58. The van der Waals surface area contributed by atoms with Crippen LogP contribution in [0.5, 0.6) is 0 Å². The lowest BCUT2D eigenvalue weighted by atomic mass is 9.97. The second-order valence-corrected chi connectivity index (χ2v) is 7.42. The van der Waals surface area contributed by atoms with Gasteiger partial charge in [0.2, 0.25) is 0 Å². The topological polar surface area (TPSA) is 19.7 Å². The fourth-order valence-corrected chi connectivity index (χ4v) is 4.29. The van der Waals surface area contributed by atoms with Gasteiger partial charge in [-0.05, 0) is 42.0 Å². The molecule has 0 saturated carbocycles. The number of rotatable bonds is 3. The minimum Gasteiger partial charge on any atom is -1.00 e. The molecule has 0 fully saturated rings. The van der Waals surface area contributed by atoms with Gasteiger partial charge in [0.15, 0.2) is 18.9 Å². The van der Waals surface area contributed by atoms with E-state index in [1.807, 2.05) is 0 Å². The largest absolute Gasteiger partial charge is 1.00 e. The summed E-state index contributed by atoms with van der Waals surface area (Å²) >= 11 is 0. The zero-order chi connectivity index (χ0) is 18.4. The van der Waals surface area contributed by atoms with Crippen molar-refractivity contribution in [3.63, 3.8) is 0 Å². The van der Waals surface area contributed by atoms with Crippen LogP contribution in [0.15, 0.2) is 73.1 Å². The van der Waals surface area contributed by atoms with Gasteiger partial charge < -0.3 is 29.0 Å². The Morgan fingerprint density at radius 3 is 2.36 bits per heavy atom. The Morgan fingerprint density at radius 2 is 1.54 bits per heavy atom. The molecule has 0 radical (unpaired) electrons. The average Bonchev–Trinajstić information content (AvgIpc) is 3.11. The lowest BCUT2D eigenvalue weighted by Crippen LogP contribution is -3.00. The number of nitrogens with zero attached hydrogens (tertiary/aromatic N) is 1. The second-order valence-electron chi connectivity index (χ2n) is 7.42. The van der Waals surface area contributed by atoms with Crippen molar-refractivity contribution in [2.45, 2.75) is 26.8 Å². The van der Waals surface area contributed by atoms with E-state index in [1.54, 1.807) is 0 Å². The first-order valence-corrected chi connectivity index (χ1v) is 9.58. The molecule has 0 bridgehead atoms. The Bertz CT molecular complexity index is 1290. The zero-order valence-corrected chi connectivity index (χ0v) is 18.3. The number of halogens is 1. The summed E-state index contributed by atoms with van der Waals surface area (Å²) in [5.74, 6) is 0. The quantitative estimate of drug-likeness (QED) is 0.304. The predicted octanol–water partition coefficient (Wildman–Crippen LogP) is 2.63. The van der Waals surface area contributed by atoms with Gasteiger partial charge in [0, 0.05) is 34.2 Å². The molecule has 0 aliphatic carbocycles. The molecule has 0 saturated heterocycles. The molecule has 5 aromatic rings. The SMILES string of the molecule is Cc1c2cc[n+](CCc3ccccc3)cc2c(C)c2c1[nH]c1ccccc12.[I-]. The Kier molecular flexibility index (Phi) is 5.11. The van der Waals surface area contributed by atoms with Crippen molar-refractivity contribution in [1.82, 2.24) is 4.98 Å². The maximum Gasteiger partial charge on any atom is 0.176 e. The maximum absolute atomic E-state index is 3.63. The highest BCUT2D eigenvalue weighted by Crippen LogP contribution is 2.35. The maximum atomic E-state index is 3.63. The molecule has 140 valence electrons. The normalized spacial score (nSPS) is 11.2. The van der Waals surface area contributed by atoms with Gasteiger partial charge in [0.1, 0.15) is 0 Å². The summed E-state index contributed by atoms with van der Waals surface area (Å²) in [7, 11) is 0. The van der Waals surface area contributed by atoms with Crippen molar-refractivity contribution in [2.75, 3.05) is 0 Å². The van der Waals surface area contributed by atoms with Crippen LogP contribution in [0.1, 0.15) is 16.7 Å². The first-order chi connectivity index (χ1) is 13.2. The lowest BCUT2D eigenvalue weighted by molar-refractivity contribution is -0.695. The van der Waals surface area contributed by atoms with E-state index < -0.39 is 0 Å². The summed E-state index contributed by atoms with van der Waals surface area (Å²) in [4.78, 5) is 3.63. The Balaban J connectivity index is 0.00000192. The van der Waals surface area contributed by atoms with Gasteiger partial charge in [-0.2, -0.15) is 0 Å². The van der Waals surface area contributed by atoms with E-state index in [0.29, 0.717) is 0 Å². The first kappa shape index (κ1) is 18.9. The Hall–Kier alpha value is -2.40. The molecular formula is C25H23IN2. The van der Waals surface area contributed by atoms with E-state index in [1.165, 1.54) is 49.3 Å². The number of benzene rings is 3. The van der Waals surface area contributed by atoms with Gasteiger partial charge in [-0.1, -0.05) is 48.5 Å². The highest BCUT2D eigenvalue weighted by molar-refractivity contribution is 6.16. The number of aryl methyl sites for hydroxylation is 4. The van der Waals surface area contributed by atoms with Crippen molar-refractivity contribution in [3.8, 4) is 0 Å². The highest BCUT2D eigenvalue weighted by atomic mass is 127. The third-order valence-corrected chi connectivity index (χ3v) is 5.78. The van der Waals surface area contributed by atoms with Crippen LogP contribution in [0.2, 0.25) is 0 Å². The van der Waals surface area contributed by atoms with E-state index >= 15 is 0 Å². The van der Waals surface area contributed by atoms with Crippen molar-refractivity contribution in [1.29, 1.82) is 0 Å². The van der Waals surface area contributed by atoms with E-state index in [9.17, 15) is 0 Å². The molecular weight excluding hydrogens is 455 g/mol. The molecule has 28 heavy (non-hydrogen) atoms. The zero-order valence-electron chi connectivity index (χ0n) is 16.2. The third kappa shape index (κ3) is 3.08. The number of pyridine rings is 1. The molecule has 0 unspecified atom stereocenters. The lowest BCUT2D eigenvalue weighted by Gasteiger charge is -2.08. The van der Waals surface area contributed by atoms with Crippen LogP contribution in [-0.4, -0.2) is 4.98 Å². The fraction of sp³-hybridized carbons (Fsp3) is 0.160. The van der Waals surface area contributed by atoms with Crippen LogP contribution in [0.4, 0.5) is 0 Å². The molecule has 1 N–H and O–H groups in total. The minimum absolute atomic E-state index is 0. The molecule has 0 aliphatic rings. The van der Waals surface area contributed by atoms with Crippen molar-refractivity contribution in [2.24, 2.45) is 0 Å². The smallest absolute Gasteiger partial charge is 0.176 e. The summed E-state index contributed by atoms with van der Waals surface area (Å²) in [6, 6.07) is 21.6. The molecule has 0 atom stereocenters. The number of aromatic amines is 1. The van der Waals surface area contributed by atoms with Gasteiger partial charge in [0.25, 0.3) is 0 Å². The molecule has 0 spiro atoms. The van der Waals surface area contributed by atoms with E-state index in [4.69, 9.17) is 0 Å². The summed E-state index contributed by atoms with van der Waals surface area (Å²) in [5, 5.41) is 5.36. The molecule has 5 rings (SSSR count). The number of fused-ring (bicyclic) bond motifs is 4. The number of hydrogen-bond donors (Lipinski definition) is 1. The van der Waals surface area contributed by atoms with Crippen LogP contribution >= 0.6 is 0 Å². The van der Waals surface area contributed by atoms with Crippen LogP contribution in [0, 0.1) is 13.8 Å². The van der Waals surface area contributed by atoms with Crippen LogP contribution < -0.4 is 28.5 Å². The number of aromatic nitrogens is 2. The molecule has 2 nitrogen and oxygen atoms in total. The second kappa shape index (κ2) is 7.55. The average molecular weight is 478 g/mol. The number of para-hydroxylation sites is 1. The van der Waals surface area contributed by atoms with Gasteiger partial charge in [-0.25, -0.2) is 4.57 Å². The van der Waals surface area contributed by atoms with E-state index in [-0.39, 0.29) is 24.0 Å². The number of hydrogen-bond acceptors (Lipinski definition) is 0. The summed E-state index contributed by atoms with van der Waals surface area (Å²) in [5.41, 5.74) is 6.55. The third-order valence-electron chi connectivity index (χ3n) is 5.78. The minimum atomic E-state index is 0. The molecule has 2 aromatic heterocycles. The van der Waals surface area contributed by atoms with Gasteiger partial charge in [0.05, 0.1) is 5.52 Å². The fourth-order valence-electron chi connectivity index (χ4n) is 4.29. The Labute approximate surface area is 182 Å². The van der Waals surface area contributed by atoms with Gasteiger partial charge >= 0.3 is 0 Å². The van der Waals surface area contributed by atoms with Crippen LogP contribution in [0.3, 0.4) is 0 Å². The summed E-state index contributed by atoms with van der Waals surface area (Å²) in [6.45, 7) is 5.48. The molecule has 3 heteroatoms. The number of nitrogens with one attached hydrogen (secondary N) is 1. The molecule has 3 aromatic carbocycles. The monoisotopic (exact) mass is 478 g/mol. The standard InChI is InChI=1S/C25H22N2.HI/c1-17-22-16-27(14-12-19-8-4-3-5-9-19)15-13-20(22)18(2)25-24(17)21-10-6-7-11-23(21)26-25;/h3-11,13,15-16H,12,14H2,1-2H3;1H.